The van der Waals surface area contributed by atoms with E-state index in [1.807, 2.05) is 17.2 Å². The number of nitro groups is 1. The molecule has 116 valence electrons. The summed E-state index contributed by atoms with van der Waals surface area (Å²) in [6, 6.07) is 4.58. The van der Waals surface area contributed by atoms with E-state index < -0.39 is 4.92 Å². The van der Waals surface area contributed by atoms with Crippen LogP contribution < -0.4 is 4.90 Å². The lowest BCUT2D eigenvalue weighted by atomic mass is 10.1. The largest absolute Gasteiger partial charge is 0.368 e. The number of ketones is 1. The molecule has 0 spiro atoms. The van der Waals surface area contributed by atoms with Gasteiger partial charge < -0.3 is 4.90 Å². The minimum absolute atomic E-state index is 0.0541. The fourth-order valence-electron chi connectivity index (χ4n) is 2.28. The van der Waals surface area contributed by atoms with Crippen molar-refractivity contribution in [3.05, 3.63) is 50.5 Å². The summed E-state index contributed by atoms with van der Waals surface area (Å²) in [5.74, 6) is -0.0226. The SMILES string of the molecule is CC(=O)c1ccc(N(C)C[C@H](C)c2nccs2)c([N+](=O)[O-])c1. The molecule has 2 aromatic rings. The van der Waals surface area contributed by atoms with E-state index in [9.17, 15) is 14.9 Å². The average Bonchev–Trinajstić information content (AvgIpc) is 3.00. The zero-order valence-electron chi connectivity index (χ0n) is 12.6. The Kier molecular flexibility index (Phi) is 4.87. The smallest absolute Gasteiger partial charge is 0.293 e. The molecular formula is C15H17N3O3S. The standard InChI is InChI=1S/C15H17N3O3S/c1-10(15-16-6-7-22-15)9-17(3)13-5-4-12(11(2)19)8-14(13)18(20)21/h4-8,10H,9H2,1-3H3/t10-/m0/s1. The molecule has 1 aromatic carbocycles. The van der Waals surface area contributed by atoms with Gasteiger partial charge in [0.1, 0.15) is 5.69 Å². The van der Waals surface area contributed by atoms with Crippen LogP contribution in [0, 0.1) is 10.1 Å². The number of aromatic nitrogens is 1. The molecule has 0 saturated carbocycles. The van der Waals surface area contributed by atoms with Crippen LogP contribution in [0.4, 0.5) is 11.4 Å². The lowest BCUT2D eigenvalue weighted by Crippen LogP contribution is -2.23. The van der Waals surface area contributed by atoms with Gasteiger partial charge in [-0.2, -0.15) is 0 Å². The third-order valence-corrected chi connectivity index (χ3v) is 4.42. The monoisotopic (exact) mass is 319 g/mol. The van der Waals surface area contributed by atoms with Gasteiger partial charge in [0.05, 0.1) is 9.93 Å². The van der Waals surface area contributed by atoms with E-state index in [-0.39, 0.29) is 17.4 Å². The van der Waals surface area contributed by atoms with Crippen molar-refractivity contribution in [1.29, 1.82) is 0 Å². The van der Waals surface area contributed by atoms with Crippen molar-refractivity contribution >= 4 is 28.5 Å². The number of nitrogens with zero attached hydrogens (tertiary/aromatic N) is 3. The number of rotatable bonds is 6. The average molecular weight is 319 g/mol. The predicted octanol–water partition coefficient (Wildman–Crippen LogP) is 3.49. The van der Waals surface area contributed by atoms with Crippen molar-refractivity contribution in [3.63, 3.8) is 0 Å². The molecular weight excluding hydrogens is 302 g/mol. The molecule has 0 aliphatic carbocycles. The summed E-state index contributed by atoms with van der Waals surface area (Å²) in [4.78, 5) is 28.3. The van der Waals surface area contributed by atoms with Gasteiger partial charge in [-0.15, -0.1) is 11.3 Å². The van der Waals surface area contributed by atoms with Gasteiger partial charge in [0, 0.05) is 42.7 Å². The maximum atomic E-state index is 11.4. The third-order valence-electron chi connectivity index (χ3n) is 3.41. The normalized spacial score (nSPS) is 12.0. The highest BCUT2D eigenvalue weighted by atomic mass is 32.1. The number of Topliss-reactive ketones (excluding diaryl/α,β-unsaturated/α-hetero) is 1. The van der Waals surface area contributed by atoms with E-state index in [0.717, 1.165) is 5.01 Å². The van der Waals surface area contributed by atoms with Gasteiger partial charge in [-0.25, -0.2) is 4.98 Å². The third kappa shape index (κ3) is 3.48. The summed E-state index contributed by atoms with van der Waals surface area (Å²) in [5.41, 5.74) is 0.789. The second-order valence-electron chi connectivity index (χ2n) is 5.17. The quantitative estimate of drug-likeness (QED) is 0.463. The maximum Gasteiger partial charge on any atom is 0.293 e. The van der Waals surface area contributed by atoms with E-state index in [1.165, 1.54) is 13.0 Å². The topological polar surface area (TPSA) is 76.3 Å². The number of benzene rings is 1. The number of thiazole rings is 1. The van der Waals surface area contributed by atoms with Crippen LogP contribution in [0.1, 0.15) is 35.1 Å². The predicted molar refractivity (Wildman–Crippen MR) is 86.9 cm³/mol. The Labute approximate surface area is 132 Å². The number of likely N-dealkylation sites (N-methyl/N-ethyl adjacent to an activating group) is 1. The van der Waals surface area contributed by atoms with Crippen molar-refractivity contribution < 1.29 is 9.72 Å². The van der Waals surface area contributed by atoms with Gasteiger partial charge in [-0.1, -0.05) is 6.92 Å². The number of hydrogen-bond donors (Lipinski definition) is 0. The van der Waals surface area contributed by atoms with Crippen LogP contribution in [-0.2, 0) is 0 Å². The van der Waals surface area contributed by atoms with Gasteiger partial charge in [-0.05, 0) is 19.1 Å². The fraction of sp³-hybridized carbons (Fsp3) is 0.333. The molecule has 0 aliphatic rings. The van der Waals surface area contributed by atoms with E-state index in [1.54, 1.807) is 36.7 Å². The van der Waals surface area contributed by atoms with Gasteiger partial charge in [0.25, 0.3) is 5.69 Å². The summed E-state index contributed by atoms with van der Waals surface area (Å²) in [6.07, 6.45) is 1.75. The molecule has 2 rings (SSSR count). The molecule has 1 heterocycles. The molecule has 1 aromatic heterocycles. The van der Waals surface area contributed by atoms with Crippen LogP contribution in [0.5, 0.6) is 0 Å². The first-order chi connectivity index (χ1) is 10.4. The van der Waals surface area contributed by atoms with Crippen molar-refractivity contribution in [2.75, 3.05) is 18.5 Å². The molecule has 0 amide bonds. The Bertz CT molecular complexity index is 685. The fourth-order valence-corrected chi connectivity index (χ4v) is 2.97. The molecule has 0 fully saturated rings. The van der Waals surface area contributed by atoms with Gasteiger partial charge in [0.2, 0.25) is 0 Å². The number of nitro benzene ring substituents is 1. The zero-order chi connectivity index (χ0) is 16.3. The number of hydrogen-bond acceptors (Lipinski definition) is 6. The van der Waals surface area contributed by atoms with Crippen LogP contribution in [0.15, 0.2) is 29.8 Å². The maximum absolute atomic E-state index is 11.4. The van der Waals surface area contributed by atoms with E-state index in [0.29, 0.717) is 17.8 Å². The number of carbonyl (C=O) groups excluding carboxylic acids is 1. The molecule has 0 saturated heterocycles. The van der Waals surface area contributed by atoms with Crippen molar-refractivity contribution in [1.82, 2.24) is 4.98 Å². The Balaban J connectivity index is 2.27. The molecule has 0 aliphatic heterocycles. The van der Waals surface area contributed by atoms with E-state index >= 15 is 0 Å². The van der Waals surface area contributed by atoms with Gasteiger partial charge in [0.15, 0.2) is 5.78 Å². The van der Waals surface area contributed by atoms with Crippen LogP contribution in [0.2, 0.25) is 0 Å². The highest BCUT2D eigenvalue weighted by Crippen LogP contribution is 2.30. The number of carbonyl (C=O) groups is 1. The Morgan fingerprint density at radius 3 is 2.77 bits per heavy atom. The molecule has 6 nitrogen and oxygen atoms in total. The molecule has 0 N–H and O–H groups in total. The summed E-state index contributed by atoms with van der Waals surface area (Å²) in [5, 5.41) is 14.2. The Morgan fingerprint density at radius 2 is 2.23 bits per heavy atom. The zero-order valence-corrected chi connectivity index (χ0v) is 13.5. The molecule has 0 radical (unpaired) electrons. The van der Waals surface area contributed by atoms with Crippen LogP contribution in [0.3, 0.4) is 0 Å². The van der Waals surface area contributed by atoms with Crippen LogP contribution >= 0.6 is 11.3 Å². The van der Waals surface area contributed by atoms with E-state index in [4.69, 9.17) is 0 Å². The summed E-state index contributed by atoms with van der Waals surface area (Å²) in [7, 11) is 1.81. The van der Waals surface area contributed by atoms with Gasteiger partial charge >= 0.3 is 0 Å². The lowest BCUT2D eigenvalue weighted by Gasteiger charge is -2.22. The minimum Gasteiger partial charge on any atom is -0.368 e. The molecule has 7 heteroatoms. The molecule has 0 unspecified atom stereocenters. The summed E-state index contributed by atoms with van der Waals surface area (Å²) in [6.45, 7) is 4.03. The Morgan fingerprint density at radius 1 is 1.50 bits per heavy atom. The highest BCUT2D eigenvalue weighted by molar-refractivity contribution is 7.09. The number of anilines is 1. The second-order valence-corrected chi connectivity index (χ2v) is 6.09. The second kappa shape index (κ2) is 6.65. The van der Waals surface area contributed by atoms with Gasteiger partial charge in [-0.3, -0.25) is 14.9 Å². The first-order valence-corrected chi connectivity index (χ1v) is 7.68. The van der Waals surface area contributed by atoms with Crippen molar-refractivity contribution in [2.24, 2.45) is 0 Å². The molecule has 1 atom stereocenters. The first kappa shape index (κ1) is 16.1. The van der Waals surface area contributed by atoms with E-state index in [2.05, 4.69) is 4.98 Å². The van der Waals surface area contributed by atoms with Crippen LogP contribution in [-0.4, -0.2) is 29.3 Å². The van der Waals surface area contributed by atoms with Crippen molar-refractivity contribution in [3.8, 4) is 0 Å². The Hall–Kier alpha value is -2.28. The van der Waals surface area contributed by atoms with Crippen molar-refractivity contribution in [2.45, 2.75) is 19.8 Å². The minimum atomic E-state index is -0.452. The molecule has 0 bridgehead atoms. The highest BCUT2D eigenvalue weighted by Gasteiger charge is 2.21. The lowest BCUT2D eigenvalue weighted by molar-refractivity contribution is -0.384. The summed E-state index contributed by atoms with van der Waals surface area (Å²) >= 11 is 1.57. The molecule has 22 heavy (non-hydrogen) atoms. The van der Waals surface area contributed by atoms with Crippen LogP contribution in [0.25, 0.3) is 0 Å². The summed E-state index contributed by atoms with van der Waals surface area (Å²) < 4.78 is 0. The first-order valence-electron chi connectivity index (χ1n) is 6.80.